The fourth-order valence-electron chi connectivity index (χ4n) is 2.05. The molecule has 20 heavy (non-hydrogen) atoms. The van der Waals surface area contributed by atoms with Crippen molar-refractivity contribution >= 4 is 0 Å². The maximum absolute atomic E-state index is 5.65. The molecule has 0 heterocycles. The lowest BCUT2D eigenvalue weighted by Crippen LogP contribution is -2.06. The molecule has 0 bridgehead atoms. The zero-order valence-corrected chi connectivity index (χ0v) is 11.8. The summed E-state index contributed by atoms with van der Waals surface area (Å²) >= 11 is 0. The van der Waals surface area contributed by atoms with Gasteiger partial charge in [-0.1, -0.05) is 42.5 Å². The Morgan fingerprint density at radius 2 is 1.85 bits per heavy atom. The molecule has 105 valence electrons. The summed E-state index contributed by atoms with van der Waals surface area (Å²) in [5.41, 5.74) is 8.05. The maximum Gasteiger partial charge on any atom is 0.119 e. The third-order valence-electron chi connectivity index (χ3n) is 3.13. The Morgan fingerprint density at radius 1 is 1.00 bits per heavy atom. The van der Waals surface area contributed by atoms with E-state index in [1.807, 2.05) is 12.1 Å². The van der Waals surface area contributed by atoms with Gasteiger partial charge in [-0.15, -0.1) is 0 Å². The van der Waals surface area contributed by atoms with Gasteiger partial charge in [0.1, 0.15) is 5.75 Å². The van der Waals surface area contributed by atoms with E-state index < -0.39 is 0 Å². The molecule has 0 unspecified atom stereocenters. The third kappa shape index (κ3) is 5.06. The molecule has 2 rings (SSSR count). The fraction of sp³-hybridized carbons (Fsp3) is 0.278. The van der Waals surface area contributed by atoms with Crippen LogP contribution in [0.1, 0.15) is 24.0 Å². The Hall–Kier alpha value is -1.80. The Kier molecular flexibility index (Phi) is 6.12. The minimum Gasteiger partial charge on any atom is -0.494 e. The van der Waals surface area contributed by atoms with Crippen LogP contribution in [0.4, 0.5) is 0 Å². The lowest BCUT2D eigenvalue weighted by atomic mass is 10.0. The van der Waals surface area contributed by atoms with E-state index in [0.717, 1.165) is 25.0 Å². The highest BCUT2D eigenvalue weighted by Crippen LogP contribution is 2.17. The normalized spacial score (nSPS) is 10.4. The molecule has 0 aliphatic heterocycles. The number of hydrogen-bond donors (Lipinski definition) is 1. The van der Waals surface area contributed by atoms with Gasteiger partial charge in [-0.3, -0.25) is 0 Å². The van der Waals surface area contributed by atoms with Gasteiger partial charge >= 0.3 is 0 Å². The smallest absolute Gasteiger partial charge is 0.119 e. The van der Waals surface area contributed by atoms with Gasteiger partial charge in [0.15, 0.2) is 0 Å². The second-order valence-electron chi connectivity index (χ2n) is 4.79. The van der Waals surface area contributed by atoms with Crippen LogP contribution in [0, 0.1) is 6.42 Å². The van der Waals surface area contributed by atoms with Crippen LogP contribution in [0.25, 0.3) is 0 Å². The summed E-state index contributed by atoms with van der Waals surface area (Å²) in [5.74, 6) is 0.923. The zero-order chi connectivity index (χ0) is 14.0. The summed E-state index contributed by atoms with van der Waals surface area (Å²) in [6, 6.07) is 18.8. The second-order valence-corrected chi connectivity index (χ2v) is 4.79. The molecule has 2 heteroatoms. The number of hydrogen-bond acceptors (Lipinski definition) is 2. The summed E-state index contributed by atoms with van der Waals surface area (Å²) in [5, 5.41) is 0. The minimum absolute atomic E-state index is 0.670. The van der Waals surface area contributed by atoms with Gasteiger partial charge in [-0.25, -0.2) is 0 Å². The van der Waals surface area contributed by atoms with Crippen LogP contribution in [0.3, 0.4) is 0 Å². The highest BCUT2D eigenvalue weighted by Gasteiger charge is 1.99. The predicted molar refractivity (Wildman–Crippen MR) is 83.8 cm³/mol. The van der Waals surface area contributed by atoms with Crippen molar-refractivity contribution in [2.75, 3.05) is 13.2 Å². The molecule has 0 saturated carbocycles. The van der Waals surface area contributed by atoms with Gasteiger partial charge < -0.3 is 10.5 Å². The minimum atomic E-state index is 0.670. The Balaban J connectivity index is 1.79. The third-order valence-corrected chi connectivity index (χ3v) is 3.13. The average molecular weight is 268 g/mol. The number of nitrogens with two attached hydrogens (primary N) is 1. The first-order valence-electron chi connectivity index (χ1n) is 7.18. The van der Waals surface area contributed by atoms with Crippen LogP contribution in [0.2, 0.25) is 0 Å². The quantitative estimate of drug-likeness (QED) is 0.742. The van der Waals surface area contributed by atoms with Gasteiger partial charge in [0.2, 0.25) is 0 Å². The summed E-state index contributed by atoms with van der Waals surface area (Å²) in [4.78, 5) is 0. The van der Waals surface area contributed by atoms with Crippen molar-refractivity contribution in [1.29, 1.82) is 0 Å². The number of ether oxygens (including phenoxy) is 1. The summed E-state index contributed by atoms with van der Waals surface area (Å²) in [6.07, 6.45) is 5.25. The van der Waals surface area contributed by atoms with Gasteiger partial charge in [0.05, 0.1) is 6.61 Å². The van der Waals surface area contributed by atoms with E-state index in [1.165, 1.54) is 11.1 Å². The van der Waals surface area contributed by atoms with Crippen LogP contribution in [-0.4, -0.2) is 13.2 Å². The number of rotatable bonds is 8. The lowest BCUT2D eigenvalue weighted by Gasteiger charge is -2.07. The Bertz CT molecular complexity index is 496. The van der Waals surface area contributed by atoms with Crippen LogP contribution in [-0.2, 0) is 6.42 Å². The van der Waals surface area contributed by atoms with Crippen LogP contribution >= 0.6 is 0 Å². The highest BCUT2D eigenvalue weighted by molar-refractivity contribution is 5.33. The Labute approximate surface area is 121 Å². The summed E-state index contributed by atoms with van der Waals surface area (Å²) in [6.45, 7) is 1.35. The van der Waals surface area contributed by atoms with Crippen LogP contribution in [0.5, 0.6) is 5.75 Å². The van der Waals surface area contributed by atoms with Crippen molar-refractivity contribution in [3.63, 3.8) is 0 Å². The summed E-state index contributed by atoms with van der Waals surface area (Å²) < 4.78 is 5.65. The molecule has 0 fully saturated rings. The molecule has 0 amide bonds. The molecular formula is C18H22NO. The van der Waals surface area contributed by atoms with Crippen molar-refractivity contribution in [2.45, 2.75) is 19.3 Å². The molecule has 0 saturated heterocycles. The maximum atomic E-state index is 5.65. The molecular weight excluding hydrogens is 246 g/mol. The van der Waals surface area contributed by atoms with E-state index in [2.05, 4.69) is 48.9 Å². The number of benzene rings is 2. The van der Waals surface area contributed by atoms with Gasteiger partial charge in [-0.2, -0.15) is 0 Å². The molecule has 0 atom stereocenters. The van der Waals surface area contributed by atoms with Gasteiger partial charge in [0.25, 0.3) is 0 Å². The average Bonchev–Trinajstić information content (AvgIpc) is 2.49. The molecule has 0 aromatic heterocycles. The molecule has 0 aliphatic carbocycles. The standard InChI is InChI=1S/C18H22NO/c19-13-6-14-20-18-12-5-11-17(15-18)10-4-9-16-7-2-1-3-8-16/h1-3,5,7-8,10-12,15H,4,6,9,13-14,19H2. The van der Waals surface area contributed by atoms with Crippen molar-refractivity contribution in [1.82, 2.24) is 0 Å². The molecule has 2 aromatic rings. The molecule has 2 N–H and O–H groups in total. The monoisotopic (exact) mass is 268 g/mol. The van der Waals surface area contributed by atoms with Crippen LogP contribution in [0.15, 0.2) is 54.6 Å². The van der Waals surface area contributed by atoms with E-state index >= 15 is 0 Å². The summed E-state index contributed by atoms with van der Waals surface area (Å²) in [7, 11) is 0. The Morgan fingerprint density at radius 3 is 2.65 bits per heavy atom. The topological polar surface area (TPSA) is 35.2 Å². The first-order chi connectivity index (χ1) is 9.88. The molecule has 1 radical (unpaired) electrons. The molecule has 2 nitrogen and oxygen atoms in total. The zero-order valence-electron chi connectivity index (χ0n) is 11.8. The van der Waals surface area contributed by atoms with Crippen molar-refractivity contribution in [3.8, 4) is 5.75 Å². The van der Waals surface area contributed by atoms with Gasteiger partial charge in [0, 0.05) is 0 Å². The highest BCUT2D eigenvalue weighted by atomic mass is 16.5. The largest absolute Gasteiger partial charge is 0.494 e. The second kappa shape index (κ2) is 8.39. The van der Waals surface area contributed by atoms with E-state index in [1.54, 1.807) is 0 Å². The first kappa shape index (κ1) is 14.6. The fourth-order valence-corrected chi connectivity index (χ4v) is 2.05. The van der Waals surface area contributed by atoms with E-state index in [9.17, 15) is 0 Å². The molecule has 0 spiro atoms. The predicted octanol–water partition coefficient (Wildman–Crippen LogP) is 3.60. The van der Waals surface area contributed by atoms with Crippen molar-refractivity contribution < 1.29 is 4.74 Å². The SMILES string of the molecule is NCCCOc1cccc([CH]CCc2ccccc2)c1. The van der Waals surface area contributed by atoms with E-state index in [4.69, 9.17) is 10.5 Å². The first-order valence-corrected chi connectivity index (χ1v) is 7.18. The lowest BCUT2D eigenvalue weighted by molar-refractivity contribution is 0.313. The van der Waals surface area contributed by atoms with E-state index in [0.29, 0.717) is 13.2 Å². The molecule has 2 aromatic carbocycles. The van der Waals surface area contributed by atoms with E-state index in [-0.39, 0.29) is 0 Å². The number of aryl methyl sites for hydroxylation is 1. The van der Waals surface area contributed by atoms with Crippen molar-refractivity contribution in [2.24, 2.45) is 5.73 Å². The van der Waals surface area contributed by atoms with Gasteiger partial charge in [-0.05, 0) is 55.5 Å². The van der Waals surface area contributed by atoms with Crippen molar-refractivity contribution in [3.05, 3.63) is 72.1 Å². The van der Waals surface area contributed by atoms with Crippen LogP contribution < -0.4 is 10.5 Å². The molecule has 0 aliphatic rings.